The summed E-state index contributed by atoms with van der Waals surface area (Å²) in [4.78, 5) is 14.3. The van der Waals surface area contributed by atoms with Gasteiger partial charge in [-0.3, -0.25) is 4.79 Å². The van der Waals surface area contributed by atoms with Gasteiger partial charge in [-0.25, -0.2) is 13.1 Å². The minimum atomic E-state index is -3.83. The number of carbonyl (C=O) groups excluding carboxylic acids is 1. The minimum Gasteiger partial charge on any atom is -0.507 e. The van der Waals surface area contributed by atoms with Gasteiger partial charge >= 0.3 is 0 Å². The molecule has 156 valence electrons. The number of aromatic hydroxyl groups is 1. The summed E-state index contributed by atoms with van der Waals surface area (Å²) in [7, 11) is -3.83. The monoisotopic (exact) mass is 426 g/mol. The van der Waals surface area contributed by atoms with Crippen molar-refractivity contribution in [2.24, 2.45) is 0 Å². The third-order valence-corrected chi connectivity index (χ3v) is 7.04. The number of aromatic nitrogens is 2. The molecule has 1 N–H and O–H groups in total. The first-order valence-electron chi connectivity index (χ1n) is 9.55. The Morgan fingerprint density at radius 1 is 1.03 bits per heavy atom. The summed E-state index contributed by atoms with van der Waals surface area (Å²) >= 11 is 0. The van der Waals surface area contributed by atoms with E-state index >= 15 is 0 Å². The number of benzene rings is 2. The number of aryl methyl sites for hydroxylation is 1. The Morgan fingerprint density at radius 2 is 1.73 bits per heavy atom. The van der Waals surface area contributed by atoms with E-state index in [0.29, 0.717) is 5.56 Å². The van der Waals surface area contributed by atoms with E-state index in [1.165, 1.54) is 22.6 Å². The highest BCUT2D eigenvalue weighted by Crippen LogP contribution is 2.27. The van der Waals surface area contributed by atoms with Gasteiger partial charge in [0, 0.05) is 32.4 Å². The Bertz CT molecular complexity index is 1170. The summed E-state index contributed by atoms with van der Waals surface area (Å²) in [6.07, 6.45) is 3.19. The fourth-order valence-corrected chi connectivity index (χ4v) is 5.03. The van der Waals surface area contributed by atoms with Crippen LogP contribution in [-0.2, 0) is 10.0 Å². The normalized spacial score (nSPS) is 15.3. The fraction of sp³-hybridized carbons (Fsp3) is 0.238. The molecule has 8 nitrogen and oxygen atoms in total. The van der Waals surface area contributed by atoms with Crippen LogP contribution in [0.1, 0.15) is 15.9 Å². The largest absolute Gasteiger partial charge is 0.507 e. The number of hydrogen-bond acceptors (Lipinski definition) is 5. The van der Waals surface area contributed by atoms with Gasteiger partial charge in [0.1, 0.15) is 10.6 Å². The number of phenols is 1. The van der Waals surface area contributed by atoms with Crippen LogP contribution in [-0.4, -0.2) is 64.6 Å². The van der Waals surface area contributed by atoms with Gasteiger partial charge in [0.05, 0.1) is 17.4 Å². The third kappa shape index (κ3) is 3.81. The Balaban J connectivity index is 1.45. The molecule has 1 aliphatic heterocycles. The quantitative estimate of drug-likeness (QED) is 0.689. The van der Waals surface area contributed by atoms with E-state index in [0.717, 1.165) is 11.3 Å². The molecular formula is C21H22N4O4S. The smallest absolute Gasteiger partial charge is 0.257 e. The predicted molar refractivity (Wildman–Crippen MR) is 111 cm³/mol. The third-order valence-electron chi connectivity index (χ3n) is 5.11. The fourth-order valence-electron chi connectivity index (χ4n) is 3.44. The van der Waals surface area contributed by atoms with Crippen LogP contribution < -0.4 is 0 Å². The standard InChI is InChI=1S/C21H22N4O4S/c1-16-7-8-19(26)20(13-16)30(28,29)24-11-9-23(10-12-24)21(27)17-14-22-25(15-17)18-5-3-2-4-6-18/h2-8,13-15,26H,9-12H2,1H3. The SMILES string of the molecule is Cc1ccc(O)c(S(=O)(=O)N2CCN(C(=O)c3cnn(-c4ccccc4)c3)CC2)c1. The van der Waals surface area contributed by atoms with E-state index in [9.17, 15) is 18.3 Å². The van der Waals surface area contributed by atoms with Crippen LogP contribution in [0.3, 0.4) is 0 Å². The average Bonchev–Trinajstić information content (AvgIpc) is 3.26. The molecule has 4 rings (SSSR count). The van der Waals surface area contributed by atoms with Gasteiger partial charge in [0.25, 0.3) is 5.91 Å². The van der Waals surface area contributed by atoms with Crippen LogP contribution >= 0.6 is 0 Å². The number of para-hydroxylation sites is 1. The van der Waals surface area contributed by atoms with Crippen molar-refractivity contribution in [1.82, 2.24) is 19.0 Å². The van der Waals surface area contributed by atoms with E-state index in [-0.39, 0.29) is 42.7 Å². The van der Waals surface area contributed by atoms with Crippen LogP contribution in [0.4, 0.5) is 0 Å². The molecule has 0 radical (unpaired) electrons. The number of amides is 1. The minimum absolute atomic E-state index is 0.105. The first kappa shape index (κ1) is 20.1. The van der Waals surface area contributed by atoms with E-state index in [1.807, 2.05) is 30.3 Å². The molecule has 2 heterocycles. The Labute approximate surface area is 175 Å². The second-order valence-corrected chi connectivity index (χ2v) is 9.08. The molecule has 0 atom stereocenters. The highest BCUT2D eigenvalue weighted by molar-refractivity contribution is 7.89. The summed E-state index contributed by atoms with van der Waals surface area (Å²) in [6.45, 7) is 2.62. The summed E-state index contributed by atoms with van der Waals surface area (Å²) in [5, 5.41) is 14.3. The van der Waals surface area contributed by atoms with E-state index in [1.54, 1.807) is 28.8 Å². The maximum absolute atomic E-state index is 12.9. The Morgan fingerprint density at radius 3 is 2.43 bits per heavy atom. The molecule has 3 aromatic rings. The molecule has 1 aliphatic rings. The van der Waals surface area contributed by atoms with Crippen molar-refractivity contribution in [3.8, 4) is 11.4 Å². The van der Waals surface area contributed by atoms with Gasteiger partial charge in [-0.05, 0) is 36.8 Å². The van der Waals surface area contributed by atoms with Gasteiger partial charge in [0.2, 0.25) is 10.0 Å². The lowest BCUT2D eigenvalue weighted by Crippen LogP contribution is -2.50. The number of hydrogen-bond donors (Lipinski definition) is 1. The summed E-state index contributed by atoms with van der Waals surface area (Å²) in [5.74, 6) is -0.458. The highest BCUT2D eigenvalue weighted by atomic mass is 32.2. The lowest BCUT2D eigenvalue weighted by molar-refractivity contribution is 0.0697. The zero-order chi connectivity index (χ0) is 21.3. The molecule has 0 bridgehead atoms. The number of carbonyl (C=O) groups is 1. The molecule has 0 saturated carbocycles. The zero-order valence-corrected chi connectivity index (χ0v) is 17.3. The van der Waals surface area contributed by atoms with Crippen LogP contribution in [0.25, 0.3) is 5.69 Å². The highest BCUT2D eigenvalue weighted by Gasteiger charge is 2.32. The van der Waals surface area contributed by atoms with Crippen LogP contribution in [0.15, 0.2) is 65.8 Å². The molecular weight excluding hydrogens is 404 g/mol. The molecule has 2 aromatic carbocycles. The number of piperazine rings is 1. The second-order valence-electron chi connectivity index (χ2n) is 7.18. The number of sulfonamides is 1. The van der Waals surface area contributed by atoms with Gasteiger partial charge < -0.3 is 10.0 Å². The van der Waals surface area contributed by atoms with Crippen molar-refractivity contribution in [1.29, 1.82) is 0 Å². The first-order chi connectivity index (χ1) is 14.4. The van der Waals surface area contributed by atoms with Crippen molar-refractivity contribution >= 4 is 15.9 Å². The molecule has 9 heteroatoms. The van der Waals surface area contributed by atoms with Gasteiger partial charge in [0.15, 0.2) is 0 Å². The van der Waals surface area contributed by atoms with Crippen molar-refractivity contribution in [2.75, 3.05) is 26.2 Å². The Kier molecular flexibility index (Phi) is 5.31. The number of rotatable bonds is 4. The van der Waals surface area contributed by atoms with E-state index < -0.39 is 10.0 Å². The summed E-state index contributed by atoms with van der Waals surface area (Å²) in [5.41, 5.74) is 2.05. The predicted octanol–water partition coefficient (Wildman–Crippen LogP) is 2.03. The van der Waals surface area contributed by atoms with Crippen molar-refractivity contribution in [2.45, 2.75) is 11.8 Å². The van der Waals surface area contributed by atoms with Crippen molar-refractivity contribution in [3.63, 3.8) is 0 Å². The lowest BCUT2D eigenvalue weighted by atomic mass is 10.2. The maximum atomic E-state index is 12.9. The molecule has 1 fully saturated rings. The van der Waals surface area contributed by atoms with Crippen molar-refractivity contribution < 1.29 is 18.3 Å². The summed E-state index contributed by atoms with van der Waals surface area (Å²) < 4.78 is 28.8. The molecule has 0 unspecified atom stereocenters. The van der Waals surface area contributed by atoms with Crippen LogP contribution in [0.5, 0.6) is 5.75 Å². The number of nitrogens with zero attached hydrogens (tertiary/aromatic N) is 4. The second kappa shape index (κ2) is 7.92. The Hall–Kier alpha value is -3.17. The average molecular weight is 426 g/mol. The van der Waals surface area contributed by atoms with Crippen LogP contribution in [0, 0.1) is 6.92 Å². The van der Waals surface area contributed by atoms with Gasteiger partial charge in [-0.2, -0.15) is 9.40 Å². The molecule has 30 heavy (non-hydrogen) atoms. The lowest BCUT2D eigenvalue weighted by Gasteiger charge is -2.34. The van der Waals surface area contributed by atoms with Crippen LogP contribution in [0.2, 0.25) is 0 Å². The maximum Gasteiger partial charge on any atom is 0.257 e. The molecule has 1 amide bonds. The first-order valence-corrected chi connectivity index (χ1v) is 11.0. The molecule has 1 aromatic heterocycles. The van der Waals surface area contributed by atoms with Crippen molar-refractivity contribution in [3.05, 3.63) is 72.1 Å². The molecule has 0 spiro atoms. The summed E-state index contributed by atoms with van der Waals surface area (Å²) in [6, 6.07) is 14.0. The molecule has 0 aliphatic carbocycles. The van der Waals surface area contributed by atoms with Gasteiger partial charge in [-0.15, -0.1) is 0 Å². The molecule has 1 saturated heterocycles. The van der Waals surface area contributed by atoms with Gasteiger partial charge in [-0.1, -0.05) is 24.3 Å². The number of phenolic OH excluding ortho intramolecular Hbond substituents is 1. The van der Waals surface area contributed by atoms with E-state index in [2.05, 4.69) is 5.10 Å². The van der Waals surface area contributed by atoms with E-state index in [4.69, 9.17) is 0 Å². The zero-order valence-electron chi connectivity index (χ0n) is 16.5. The topological polar surface area (TPSA) is 95.7 Å².